The third-order valence-electron chi connectivity index (χ3n) is 3.21. The Bertz CT molecular complexity index is 345. The van der Waals surface area contributed by atoms with Gasteiger partial charge in [-0.25, -0.2) is 0 Å². The van der Waals surface area contributed by atoms with Gasteiger partial charge in [0.1, 0.15) is 5.75 Å². The predicted octanol–water partition coefficient (Wildman–Crippen LogP) is 4.48. The average molecular weight is 261 g/mol. The van der Waals surface area contributed by atoms with Gasteiger partial charge in [0.15, 0.2) is 0 Å². The van der Waals surface area contributed by atoms with Gasteiger partial charge in [-0.1, -0.05) is 25.1 Å². The SMILES string of the molecule is C=CCCCCCOc1ccc(C(C)NCC)cc1. The summed E-state index contributed by atoms with van der Waals surface area (Å²) in [6, 6.07) is 8.80. The minimum atomic E-state index is 0.401. The summed E-state index contributed by atoms with van der Waals surface area (Å²) in [6.45, 7) is 9.83. The van der Waals surface area contributed by atoms with Crippen LogP contribution in [0.2, 0.25) is 0 Å². The Morgan fingerprint density at radius 1 is 1.21 bits per heavy atom. The molecule has 1 atom stereocenters. The van der Waals surface area contributed by atoms with Gasteiger partial charge in [-0.3, -0.25) is 0 Å². The molecule has 1 aromatic carbocycles. The second-order valence-electron chi connectivity index (χ2n) is 4.83. The van der Waals surface area contributed by atoms with E-state index in [-0.39, 0.29) is 0 Å². The third-order valence-corrected chi connectivity index (χ3v) is 3.21. The molecule has 0 aliphatic heterocycles. The van der Waals surface area contributed by atoms with Crippen LogP contribution in [-0.2, 0) is 0 Å². The van der Waals surface area contributed by atoms with Crippen LogP contribution in [0.5, 0.6) is 5.75 Å². The topological polar surface area (TPSA) is 21.3 Å². The first kappa shape index (κ1) is 15.8. The highest BCUT2D eigenvalue weighted by atomic mass is 16.5. The molecule has 106 valence electrons. The standard InChI is InChI=1S/C17H27NO/c1-4-6-7-8-9-14-19-17-12-10-16(11-13-17)15(3)18-5-2/h4,10-13,15,18H,1,5-9,14H2,2-3H3. The molecule has 0 amide bonds. The quantitative estimate of drug-likeness (QED) is 0.495. The molecule has 0 bridgehead atoms. The van der Waals surface area contributed by atoms with Gasteiger partial charge in [-0.2, -0.15) is 0 Å². The lowest BCUT2D eigenvalue weighted by atomic mass is 10.1. The number of hydrogen-bond donors (Lipinski definition) is 1. The molecule has 0 aliphatic carbocycles. The maximum atomic E-state index is 5.73. The third kappa shape index (κ3) is 6.44. The number of unbranched alkanes of at least 4 members (excludes halogenated alkanes) is 3. The summed E-state index contributed by atoms with van der Waals surface area (Å²) in [6.07, 6.45) is 6.62. The van der Waals surface area contributed by atoms with Crippen molar-refractivity contribution in [1.29, 1.82) is 0 Å². The van der Waals surface area contributed by atoms with Gasteiger partial charge in [-0.15, -0.1) is 6.58 Å². The van der Waals surface area contributed by atoms with Gasteiger partial charge in [0.25, 0.3) is 0 Å². The largest absolute Gasteiger partial charge is 0.494 e. The van der Waals surface area contributed by atoms with Crippen molar-refractivity contribution in [2.75, 3.05) is 13.2 Å². The van der Waals surface area contributed by atoms with E-state index < -0.39 is 0 Å². The summed E-state index contributed by atoms with van der Waals surface area (Å²) in [7, 11) is 0. The van der Waals surface area contributed by atoms with Crippen LogP contribution in [0.1, 0.15) is 51.1 Å². The van der Waals surface area contributed by atoms with E-state index in [2.05, 4.69) is 50.0 Å². The van der Waals surface area contributed by atoms with Gasteiger partial charge in [-0.05, 0) is 56.8 Å². The maximum absolute atomic E-state index is 5.73. The van der Waals surface area contributed by atoms with Gasteiger partial charge in [0, 0.05) is 6.04 Å². The van der Waals surface area contributed by atoms with Gasteiger partial charge < -0.3 is 10.1 Å². The molecule has 19 heavy (non-hydrogen) atoms. The fraction of sp³-hybridized carbons (Fsp3) is 0.529. The summed E-state index contributed by atoms with van der Waals surface area (Å²) in [5.74, 6) is 0.969. The fourth-order valence-corrected chi connectivity index (χ4v) is 2.03. The lowest BCUT2D eigenvalue weighted by molar-refractivity contribution is 0.305. The number of ether oxygens (including phenoxy) is 1. The molecule has 2 heteroatoms. The van der Waals surface area contributed by atoms with E-state index in [4.69, 9.17) is 4.74 Å². The smallest absolute Gasteiger partial charge is 0.119 e. The number of hydrogen-bond acceptors (Lipinski definition) is 2. The highest BCUT2D eigenvalue weighted by Crippen LogP contribution is 2.17. The number of rotatable bonds is 10. The van der Waals surface area contributed by atoms with Gasteiger partial charge in [0.2, 0.25) is 0 Å². The first-order valence-electron chi connectivity index (χ1n) is 7.35. The van der Waals surface area contributed by atoms with E-state index in [1.807, 2.05) is 6.08 Å². The fourth-order valence-electron chi connectivity index (χ4n) is 2.03. The van der Waals surface area contributed by atoms with Crippen LogP contribution >= 0.6 is 0 Å². The zero-order chi connectivity index (χ0) is 13.9. The predicted molar refractivity (Wildman–Crippen MR) is 82.7 cm³/mol. The zero-order valence-electron chi connectivity index (χ0n) is 12.3. The molecule has 1 rings (SSSR count). The molecule has 2 nitrogen and oxygen atoms in total. The Labute approximate surface area is 117 Å². The summed E-state index contributed by atoms with van der Waals surface area (Å²) >= 11 is 0. The normalized spacial score (nSPS) is 12.1. The highest BCUT2D eigenvalue weighted by Gasteiger charge is 2.03. The Kier molecular flexibility index (Phi) is 7.99. The monoisotopic (exact) mass is 261 g/mol. The second-order valence-corrected chi connectivity index (χ2v) is 4.83. The Morgan fingerprint density at radius 2 is 1.95 bits per heavy atom. The van der Waals surface area contributed by atoms with E-state index in [9.17, 15) is 0 Å². The van der Waals surface area contributed by atoms with Gasteiger partial charge >= 0.3 is 0 Å². The maximum Gasteiger partial charge on any atom is 0.119 e. The van der Waals surface area contributed by atoms with Crippen LogP contribution in [-0.4, -0.2) is 13.2 Å². The molecule has 0 saturated carbocycles. The molecule has 1 aromatic rings. The van der Waals surface area contributed by atoms with Crippen molar-refractivity contribution < 1.29 is 4.74 Å². The molecule has 1 N–H and O–H groups in total. The van der Waals surface area contributed by atoms with Crippen molar-refractivity contribution in [3.63, 3.8) is 0 Å². The van der Waals surface area contributed by atoms with Crippen LogP contribution in [0.3, 0.4) is 0 Å². The molecule has 1 unspecified atom stereocenters. The van der Waals surface area contributed by atoms with Crippen molar-refractivity contribution >= 4 is 0 Å². The molecule has 0 spiro atoms. The number of benzene rings is 1. The molecule has 0 fully saturated rings. The molecular weight excluding hydrogens is 234 g/mol. The van der Waals surface area contributed by atoms with Crippen LogP contribution in [0.25, 0.3) is 0 Å². The molecule has 0 aromatic heterocycles. The summed E-state index contributed by atoms with van der Waals surface area (Å²) in [4.78, 5) is 0. The van der Waals surface area contributed by atoms with E-state index in [1.54, 1.807) is 0 Å². The molecule has 0 saturated heterocycles. The van der Waals surface area contributed by atoms with E-state index in [1.165, 1.54) is 18.4 Å². The lowest BCUT2D eigenvalue weighted by Crippen LogP contribution is -2.17. The zero-order valence-corrected chi connectivity index (χ0v) is 12.3. The van der Waals surface area contributed by atoms with Crippen LogP contribution in [0, 0.1) is 0 Å². The minimum Gasteiger partial charge on any atom is -0.494 e. The van der Waals surface area contributed by atoms with Crippen LogP contribution in [0.4, 0.5) is 0 Å². The molecule has 0 aliphatic rings. The highest BCUT2D eigenvalue weighted by molar-refractivity contribution is 5.28. The van der Waals surface area contributed by atoms with E-state index in [0.717, 1.165) is 31.7 Å². The van der Waals surface area contributed by atoms with Crippen LogP contribution in [0.15, 0.2) is 36.9 Å². The van der Waals surface area contributed by atoms with E-state index in [0.29, 0.717) is 6.04 Å². The Balaban J connectivity index is 2.26. The molecule has 0 heterocycles. The number of nitrogens with one attached hydrogen (secondary N) is 1. The number of allylic oxidation sites excluding steroid dienone is 1. The molecular formula is C17H27NO. The van der Waals surface area contributed by atoms with Crippen molar-refractivity contribution in [3.8, 4) is 5.75 Å². The summed E-state index contributed by atoms with van der Waals surface area (Å²) in [5.41, 5.74) is 1.31. The van der Waals surface area contributed by atoms with Crippen LogP contribution < -0.4 is 10.1 Å². The lowest BCUT2D eigenvalue weighted by Gasteiger charge is -2.13. The molecule has 0 radical (unpaired) electrons. The minimum absolute atomic E-state index is 0.401. The summed E-state index contributed by atoms with van der Waals surface area (Å²) < 4.78 is 5.73. The van der Waals surface area contributed by atoms with Gasteiger partial charge in [0.05, 0.1) is 6.61 Å². The van der Waals surface area contributed by atoms with Crippen molar-refractivity contribution in [1.82, 2.24) is 5.32 Å². The Morgan fingerprint density at radius 3 is 2.58 bits per heavy atom. The summed E-state index contributed by atoms with van der Waals surface area (Å²) in [5, 5.41) is 3.40. The van der Waals surface area contributed by atoms with Crippen molar-refractivity contribution in [2.45, 2.75) is 45.6 Å². The first-order chi connectivity index (χ1) is 9.27. The first-order valence-corrected chi connectivity index (χ1v) is 7.35. The van der Waals surface area contributed by atoms with E-state index >= 15 is 0 Å². The Hall–Kier alpha value is -1.28. The van der Waals surface area contributed by atoms with Crippen molar-refractivity contribution in [3.05, 3.63) is 42.5 Å². The van der Waals surface area contributed by atoms with Crippen molar-refractivity contribution in [2.24, 2.45) is 0 Å². The second kappa shape index (κ2) is 9.62. The average Bonchev–Trinajstić information content (AvgIpc) is 2.43.